The molecule has 1 amide bonds. The quantitative estimate of drug-likeness (QED) is 0.649. The van der Waals surface area contributed by atoms with E-state index in [0.717, 1.165) is 11.3 Å². The number of ether oxygens (including phenoxy) is 4. The molecular weight excluding hydrogens is 434 g/mol. The minimum absolute atomic E-state index is 0.0162. The predicted octanol–water partition coefficient (Wildman–Crippen LogP) is 4.38. The van der Waals surface area contributed by atoms with E-state index in [4.69, 9.17) is 18.9 Å². The van der Waals surface area contributed by atoms with E-state index in [1.165, 1.54) is 0 Å². The maximum Gasteiger partial charge on any atom is 0.253 e. The molecule has 2 atom stereocenters. The van der Waals surface area contributed by atoms with Gasteiger partial charge in [-0.05, 0) is 45.0 Å². The van der Waals surface area contributed by atoms with Crippen LogP contribution in [-0.2, 0) is 4.74 Å². The Bertz CT molecular complexity index is 998. The number of aliphatic hydroxyl groups is 1. The van der Waals surface area contributed by atoms with E-state index in [1.54, 1.807) is 25.3 Å². The average molecular weight is 470 g/mol. The Morgan fingerprint density at radius 1 is 1.15 bits per heavy atom. The molecular formula is C27H35NO6. The first-order valence-corrected chi connectivity index (χ1v) is 12.0. The number of benzene rings is 2. The van der Waals surface area contributed by atoms with Gasteiger partial charge in [0.1, 0.15) is 11.4 Å². The van der Waals surface area contributed by atoms with Crippen molar-refractivity contribution in [1.29, 1.82) is 0 Å². The number of piperidine rings is 1. The van der Waals surface area contributed by atoms with E-state index in [9.17, 15) is 9.90 Å². The first-order chi connectivity index (χ1) is 16.3. The normalized spacial score (nSPS) is 19.9. The Hall–Kier alpha value is -2.77. The number of hydrogen-bond donors (Lipinski definition) is 1. The van der Waals surface area contributed by atoms with Crippen LogP contribution in [-0.4, -0.2) is 60.5 Å². The van der Waals surface area contributed by atoms with Crippen molar-refractivity contribution in [2.24, 2.45) is 0 Å². The summed E-state index contributed by atoms with van der Waals surface area (Å²) in [4.78, 5) is 15.1. The third kappa shape index (κ3) is 5.15. The van der Waals surface area contributed by atoms with Gasteiger partial charge in [0.05, 0.1) is 32.0 Å². The fourth-order valence-corrected chi connectivity index (χ4v) is 4.77. The van der Waals surface area contributed by atoms with Crippen molar-refractivity contribution >= 4 is 5.91 Å². The molecule has 34 heavy (non-hydrogen) atoms. The van der Waals surface area contributed by atoms with Crippen LogP contribution in [0.4, 0.5) is 0 Å². The van der Waals surface area contributed by atoms with Crippen LogP contribution in [0, 0.1) is 0 Å². The summed E-state index contributed by atoms with van der Waals surface area (Å²) in [5.74, 6) is 1.98. The van der Waals surface area contributed by atoms with Crippen LogP contribution < -0.4 is 14.2 Å². The van der Waals surface area contributed by atoms with E-state index in [-0.39, 0.29) is 30.8 Å². The standard InChI is InChI=1S/C27H35NO6/c1-18(2)32-23-10-9-20(15-24(23)31-4)26(30)28-13-11-27(12-14-28)16-25(33-19(3)17-29)21-7-5-6-8-22(21)34-27/h5-10,15,18-19,25,29H,11-14,16-17H2,1-4H3. The van der Waals surface area contributed by atoms with Gasteiger partial charge in [-0.15, -0.1) is 0 Å². The van der Waals surface area contributed by atoms with Crippen LogP contribution in [0.1, 0.15) is 62.1 Å². The van der Waals surface area contributed by atoms with Crippen molar-refractivity contribution in [2.45, 2.75) is 63.9 Å². The highest BCUT2D eigenvalue weighted by molar-refractivity contribution is 5.95. The summed E-state index contributed by atoms with van der Waals surface area (Å²) in [7, 11) is 1.58. The van der Waals surface area contributed by atoms with Crippen LogP contribution in [0.3, 0.4) is 0 Å². The van der Waals surface area contributed by atoms with Crippen LogP contribution in [0.15, 0.2) is 42.5 Å². The average Bonchev–Trinajstić information content (AvgIpc) is 2.84. The van der Waals surface area contributed by atoms with E-state index < -0.39 is 5.60 Å². The summed E-state index contributed by atoms with van der Waals surface area (Å²) >= 11 is 0. The number of para-hydroxylation sites is 1. The zero-order valence-corrected chi connectivity index (χ0v) is 20.5. The second-order valence-corrected chi connectivity index (χ2v) is 9.47. The lowest BCUT2D eigenvalue weighted by Crippen LogP contribution is -2.52. The summed E-state index contributed by atoms with van der Waals surface area (Å²) < 4.78 is 23.9. The number of methoxy groups -OCH3 is 1. The van der Waals surface area contributed by atoms with Crippen LogP contribution in [0.25, 0.3) is 0 Å². The van der Waals surface area contributed by atoms with Gasteiger partial charge in [0.15, 0.2) is 11.5 Å². The molecule has 1 N–H and O–H groups in total. The van der Waals surface area contributed by atoms with E-state index in [1.807, 2.05) is 49.9 Å². The van der Waals surface area contributed by atoms with Crippen LogP contribution >= 0.6 is 0 Å². The van der Waals surface area contributed by atoms with Gasteiger partial charge in [-0.25, -0.2) is 0 Å². The summed E-state index contributed by atoms with van der Waals surface area (Å²) in [5, 5.41) is 9.50. The molecule has 7 heteroatoms. The lowest BCUT2D eigenvalue weighted by molar-refractivity contribution is -0.0997. The van der Waals surface area contributed by atoms with Gasteiger partial charge in [-0.3, -0.25) is 4.79 Å². The second kappa shape index (κ2) is 10.2. The molecule has 0 aromatic heterocycles. The highest BCUT2D eigenvalue weighted by Crippen LogP contribution is 2.46. The second-order valence-electron chi connectivity index (χ2n) is 9.47. The van der Waals surface area contributed by atoms with Gasteiger partial charge in [0.2, 0.25) is 0 Å². The van der Waals surface area contributed by atoms with Gasteiger partial charge in [-0.1, -0.05) is 18.2 Å². The van der Waals surface area contributed by atoms with Crippen LogP contribution in [0.2, 0.25) is 0 Å². The number of nitrogens with zero attached hydrogens (tertiary/aromatic N) is 1. The lowest BCUT2D eigenvalue weighted by atomic mass is 9.81. The smallest absolute Gasteiger partial charge is 0.253 e. The largest absolute Gasteiger partial charge is 0.493 e. The molecule has 2 aromatic carbocycles. The molecule has 2 heterocycles. The van der Waals surface area contributed by atoms with Crippen molar-refractivity contribution in [3.8, 4) is 17.2 Å². The number of rotatable bonds is 7. The van der Waals surface area contributed by atoms with Crippen molar-refractivity contribution in [2.75, 3.05) is 26.8 Å². The molecule has 1 fully saturated rings. The van der Waals surface area contributed by atoms with Crippen molar-refractivity contribution in [3.05, 3.63) is 53.6 Å². The molecule has 0 saturated carbocycles. The molecule has 1 spiro atoms. The number of aliphatic hydroxyl groups excluding tert-OH is 1. The fourth-order valence-electron chi connectivity index (χ4n) is 4.77. The third-order valence-corrected chi connectivity index (χ3v) is 6.54. The minimum Gasteiger partial charge on any atom is -0.493 e. The van der Waals surface area contributed by atoms with Gasteiger partial charge < -0.3 is 29.0 Å². The molecule has 184 valence electrons. The lowest BCUT2D eigenvalue weighted by Gasteiger charge is -2.47. The molecule has 0 aliphatic carbocycles. The molecule has 2 aliphatic heterocycles. The first-order valence-electron chi connectivity index (χ1n) is 12.0. The Morgan fingerprint density at radius 2 is 1.88 bits per heavy atom. The Kier molecular flexibility index (Phi) is 7.33. The third-order valence-electron chi connectivity index (χ3n) is 6.54. The van der Waals surface area contributed by atoms with E-state index in [2.05, 4.69) is 0 Å². The monoisotopic (exact) mass is 469 g/mol. The Balaban J connectivity index is 1.47. The SMILES string of the molecule is COc1cc(C(=O)N2CCC3(CC2)CC(OC(C)CO)c2ccccc2O3)ccc1OC(C)C. The van der Waals surface area contributed by atoms with Crippen molar-refractivity contribution in [1.82, 2.24) is 4.90 Å². The number of carbonyl (C=O) groups is 1. The highest BCUT2D eigenvalue weighted by Gasteiger charge is 2.44. The molecule has 4 rings (SSSR count). The molecule has 2 aromatic rings. The van der Waals surface area contributed by atoms with Gasteiger partial charge in [0.25, 0.3) is 5.91 Å². The number of hydrogen-bond acceptors (Lipinski definition) is 6. The highest BCUT2D eigenvalue weighted by atomic mass is 16.5. The summed E-state index contributed by atoms with van der Waals surface area (Å²) in [5.41, 5.74) is 1.21. The molecule has 0 radical (unpaired) electrons. The molecule has 0 bridgehead atoms. The zero-order chi connectivity index (χ0) is 24.3. The molecule has 7 nitrogen and oxygen atoms in total. The Morgan fingerprint density at radius 3 is 2.56 bits per heavy atom. The van der Waals surface area contributed by atoms with Crippen molar-refractivity contribution < 1.29 is 28.8 Å². The zero-order valence-electron chi connectivity index (χ0n) is 20.5. The summed E-state index contributed by atoms with van der Waals surface area (Å²) in [6.07, 6.45) is 1.74. The topological polar surface area (TPSA) is 77.5 Å². The fraction of sp³-hybridized carbons (Fsp3) is 0.519. The summed E-state index contributed by atoms with van der Waals surface area (Å²) in [6, 6.07) is 13.3. The van der Waals surface area contributed by atoms with Gasteiger partial charge in [0, 0.05) is 43.5 Å². The summed E-state index contributed by atoms with van der Waals surface area (Å²) in [6.45, 7) is 6.93. The van der Waals surface area contributed by atoms with E-state index in [0.29, 0.717) is 49.4 Å². The molecule has 1 saturated heterocycles. The number of carbonyl (C=O) groups excluding carboxylic acids is 1. The maximum absolute atomic E-state index is 13.3. The van der Waals surface area contributed by atoms with Gasteiger partial charge in [-0.2, -0.15) is 0 Å². The maximum atomic E-state index is 13.3. The van der Waals surface area contributed by atoms with Crippen LogP contribution in [0.5, 0.6) is 17.2 Å². The van der Waals surface area contributed by atoms with E-state index >= 15 is 0 Å². The predicted molar refractivity (Wildman–Crippen MR) is 129 cm³/mol. The molecule has 2 unspecified atom stereocenters. The minimum atomic E-state index is -0.391. The first kappa shape index (κ1) is 24.4. The number of amides is 1. The van der Waals surface area contributed by atoms with Gasteiger partial charge >= 0.3 is 0 Å². The van der Waals surface area contributed by atoms with Crippen molar-refractivity contribution in [3.63, 3.8) is 0 Å². The number of likely N-dealkylation sites (tertiary alicyclic amines) is 1. The molecule has 2 aliphatic rings. The Labute approximate surface area is 201 Å². The number of fused-ring (bicyclic) bond motifs is 1.